The summed E-state index contributed by atoms with van der Waals surface area (Å²) < 4.78 is 0. The molecule has 1 aromatic rings. The molecule has 18 heavy (non-hydrogen) atoms. The van der Waals surface area contributed by atoms with Crippen molar-refractivity contribution in [1.82, 2.24) is 4.90 Å². The Morgan fingerprint density at radius 1 is 0.944 bits per heavy atom. The Morgan fingerprint density at radius 3 is 2.22 bits per heavy atom. The molecule has 1 atom stereocenters. The van der Waals surface area contributed by atoms with Gasteiger partial charge in [-0.05, 0) is 37.9 Å². The second-order valence-corrected chi connectivity index (χ2v) is 5.32. The molecule has 1 aliphatic heterocycles. The molecule has 2 nitrogen and oxygen atoms in total. The van der Waals surface area contributed by atoms with Crippen LogP contribution >= 0.6 is 0 Å². The Labute approximate surface area is 111 Å². The van der Waals surface area contributed by atoms with Crippen LogP contribution in [-0.4, -0.2) is 29.6 Å². The van der Waals surface area contributed by atoms with Gasteiger partial charge in [0.05, 0.1) is 6.10 Å². The molecule has 0 bridgehead atoms. The highest BCUT2D eigenvalue weighted by Crippen LogP contribution is 2.17. The summed E-state index contributed by atoms with van der Waals surface area (Å²) in [7, 11) is 0. The van der Waals surface area contributed by atoms with Crippen LogP contribution < -0.4 is 0 Å². The van der Waals surface area contributed by atoms with Crippen LogP contribution in [0.15, 0.2) is 30.3 Å². The first kappa shape index (κ1) is 13.6. The van der Waals surface area contributed by atoms with E-state index in [0.29, 0.717) is 0 Å². The summed E-state index contributed by atoms with van der Waals surface area (Å²) in [6, 6.07) is 10.0. The van der Waals surface area contributed by atoms with Crippen LogP contribution in [0.5, 0.6) is 0 Å². The van der Waals surface area contributed by atoms with Gasteiger partial charge in [0.2, 0.25) is 0 Å². The van der Waals surface area contributed by atoms with Crippen molar-refractivity contribution in [1.29, 1.82) is 0 Å². The molecule has 0 aromatic heterocycles. The molecule has 0 aliphatic carbocycles. The number of hydrogen-bond donors (Lipinski definition) is 1. The molecular weight excluding hydrogens is 222 g/mol. The highest BCUT2D eigenvalue weighted by atomic mass is 16.3. The van der Waals surface area contributed by atoms with Crippen molar-refractivity contribution in [3.05, 3.63) is 35.9 Å². The van der Waals surface area contributed by atoms with Gasteiger partial charge in [-0.15, -0.1) is 0 Å². The fraction of sp³-hybridized carbons (Fsp3) is 0.625. The Kier molecular flexibility index (Phi) is 5.69. The highest BCUT2D eigenvalue weighted by Gasteiger charge is 2.11. The van der Waals surface area contributed by atoms with Crippen molar-refractivity contribution in [3.8, 4) is 0 Å². The van der Waals surface area contributed by atoms with Gasteiger partial charge in [-0.2, -0.15) is 0 Å². The molecule has 0 amide bonds. The van der Waals surface area contributed by atoms with Gasteiger partial charge in [0.25, 0.3) is 0 Å². The molecule has 2 heteroatoms. The maximum Gasteiger partial charge on any atom is 0.0802 e. The Morgan fingerprint density at radius 2 is 1.56 bits per heavy atom. The zero-order valence-corrected chi connectivity index (χ0v) is 11.2. The van der Waals surface area contributed by atoms with E-state index in [2.05, 4.69) is 4.90 Å². The van der Waals surface area contributed by atoms with Crippen LogP contribution in [-0.2, 0) is 0 Å². The Balaban J connectivity index is 1.76. The van der Waals surface area contributed by atoms with Crippen molar-refractivity contribution < 1.29 is 5.11 Å². The molecule has 0 radical (unpaired) electrons. The lowest BCUT2D eigenvalue weighted by Crippen LogP contribution is -2.29. The summed E-state index contributed by atoms with van der Waals surface area (Å²) >= 11 is 0. The highest BCUT2D eigenvalue weighted by molar-refractivity contribution is 5.17. The number of aliphatic hydroxyl groups is 1. The minimum Gasteiger partial charge on any atom is -0.388 e. The summed E-state index contributed by atoms with van der Waals surface area (Å²) in [5.74, 6) is 0. The van der Waals surface area contributed by atoms with E-state index in [4.69, 9.17) is 0 Å². The summed E-state index contributed by atoms with van der Waals surface area (Å²) in [6.07, 6.45) is 7.33. The second kappa shape index (κ2) is 7.55. The number of likely N-dealkylation sites (tertiary alicyclic amines) is 1. The first-order chi connectivity index (χ1) is 8.86. The van der Waals surface area contributed by atoms with Crippen LogP contribution in [0.1, 0.15) is 50.2 Å². The van der Waals surface area contributed by atoms with E-state index in [1.54, 1.807) is 0 Å². The molecule has 1 aliphatic rings. The fourth-order valence-corrected chi connectivity index (χ4v) is 2.68. The van der Waals surface area contributed by atoms with Crippen LogP contribution in [0, 0.1) is 0 Å². The molecule has 1 unspecified atom stereocenters. The predicted octanol–water partition coefficient (Wildman–Crippen LogP) is 3.38. The number of benzene rings is 1. The van der Waals surface area contributed by atoms with Crippen LogP contribution in [0.2, 0.25) is 0 Å². The molecule has 1 saturated heterocycles. The zero-order valence-electron chi connectivity index (χ0n) is 11.2. The topological polar surface area (TPSA) is 23.5 Å². The quantitative estimate of drug-likeness (QED) is 0.881. The van der Waals surface area contributed by atoms with E-state index >= 15 is 0 Å². The summed E-state index contributed by atoms with van der Waals surface area (Å²) in [4.78, 5) is 2.52. The third-order valence-electron chi connectivity index (χ3n) is 3.85. The van der Waals surface area contributed by atoms with E-state index in [1.165, 1.54) is 45.2 Å². The van der Waals surface area contributed by atoms with E-state index in [-0.39, 0.29) is 6.10 Å². The maximum absolute atomic E-state index is 10.2. The van der Waals surface area contributed by atoms with Crippen LogP contribution in [0.4, 0.5) is 0 Å². The Hall–Kier alpha value is -0.860. The van der Waals surface area contributed by atoms with Crippen molar-refractivity contribution in [2.45, 2.75) is 44.6 Å². The lowest BCUT2D eigenvalue weighted by atomic mass is 10.1. The van der Waals surface area contributed by atoms with Gasteiger partial charge in [0, 0.05) is 6.54 Å². The first-order valence-corrected chi connectivity index (χ1v) is 7.31. The van der Waals surface area contributed by atoms with E-state index in [0.717, 1.165) is 18.5 Å². The molecule has 2 rings (SSSR count). The molecule has 1 N–H and O–H groups in total. The van der Waals surface area contributed by atoms with Gasteiger partial charge in [0.15, 0.2) is 0 Å². The number of nitrogens with zero attached hydrogens (tertiary/aromatic N) is 1. The molecule has 1 aromatic carbocycles. The van der Waals surface area contributed by atoms with Gasteiger partial charge in [-0.25, -0.2) is 0 Å². The minimum atomic E-state index is -0.309. The summed E-state index contributed by atoms with van der Waals surface area (Å²) in [5.41, 5.74) is 1.05. The third kappa shape index (κ3) is 4.43. The average molecular weight is 247 g/mol. The van der Waals surface area contributed by atoms with Crippen molar-refractivity contribution in [3.63, 3.8) is 0 Å². The van der Waals surface area contributed by atoms with Crippen LogP contribution in [0.3, 0.4) is 0 Å². The SMILES string of the molecule is OC(CCN1CCCCCCC1)c1ccccc1. The van der Waals surface area contributed by atoms with Crippen LogP contribution in [0.25, 0.3) is 0 Å². The standard InChI is InChI=1S/C16H25NO/c18-16(15-9-5-4-6-10-15)11-14-17-12-7-2-1-3-8-13-17/h4-6,9-10,16,18H,1-3,7-8,11-14H2. The lowest BCUT2D eigenvalue weighted by Gasteiger charge is -2.25. The van der Waals surface area contributed by atoms with E-state index in [1.807, 2.05) is 30.3 Å². The van der Waals surface area contributed by atoms with Crippen molar-refractivity contribution >= 4 is 0 Å². The molecule has 1 heterocycles. The fourth-order valence-electron chi connectivity index (χ4n) is 2.68. The van der Waals surface area contributed by atoms with Gasteiger partial charge >= 0.3 is 0 Å². The molecule has 100 valence electrons. The zero-order chi connectivity index (χ0) is 12.6. The Bertz CT molecular complexity index is 317. The van der Waals surface area contributed by atoms with Crippen molar-refractivity contribution in [2.24, 2.45) is 0 Å². The third-order valence-corrected chi connectivity index (χ3v) is 3.85. The molecule has 1 fully saturated rings. The molecule has 0 saturated carbocycles. The first-order valence-electron chi connectivity index (χ1n) is 7.31. The predicted molar refractivity (Wildman–Crippen MR) is 75.5 cm³/mol. The van der Waals surface area contributed by atoms with E-state index < -0.39 is 0 Å². The largest absolute Gasteiger partial charge is 0.388 e. The number of hydrogen-bond acceptors (Lipinski definition) is 2. The number of rotatable bonds is 4. The monoisotopic (exact) mass is 247 g/mol. The van der Waals surface area contributed by atoms with Gasteiger partial charge in [-0.3, -0.25) is 0 Å². The lowest BCUT2D eigenvalue weighted by molar-refractivity contribution is 0.138. The molecular formula is C16H25NO. The maximum atomic E-state index is 10.2. The summed E-state index contributed by atoms with van der Waals surface area (Å²) in [5, 5.41) is 10.2. The van der Waals surface area contributed by atoms with E-state index in [9.17, 15) is 5.11 Å². The van der Waals surface area contributed by atoms with Gasteiger partial charge in [0.1, 0.15) is 0 Å². The summed E-state index contributed by atoms with van der Waals surface area (Å²) in [6.45, 7) is 3.44. The minimum absolute atomic E-state index is 0.309. The van der Waals surface area contributed by atoms with Gasteiger partial charge < -0.3 is 10.0 Å². The van der Waals surface area contributed by atoms with Gasteiger partial charge in [-0.1, -0.05) is 49.6 Å². The average Bonchev–Trinajstić information content (AvgIpc) is 2.38. The smallest absolute Gasteiger partial charge is 0.0802 e. The second-order valence-electron chi connectivity index (χ2n) is 5.32. The van der Waals surface area contributed by atoms with Crippen molar-refractivity contribution in [2.75, 3.05) is 19.6 Å². The number of aliphatic hydroxyl groups excluding tert-OH is 1. The molecule has 0 spiro atoms. The normalized spacial score (nSPS) is 20.1.